The Hall–Kier alpha value is -1.32. The molecule has 0 N–H and O–H groups in total. The van der Waals surface area contributed by atoms with E-state index in [0.29, 0.717) is 34.9 Å². The van der Waals surface area contributed by atoms with Crippen molar-refractivity contribution in [1.82, 2.24) is 0 Å². The summed E-state index contributed by atoms with van der Waals surface area (Å²) in [5.74, 6) is -0.265. The molecule has 4 nitrogen and oxygen atoms in total. The summed E-state index contributed by atoms with van der Waals surface area (Å²) in [7, 11) is 0. The van der Waals surface area contributed by atoms with E-state index in [2.05, 4.69) is 166 Å². The molecule has 0 fully saturated rings. The van der Waals surface area contributed by atoms with Gasteiger partial charge in [0.1, 0.15) is 0 Å². The predicted octanol–water partition coefficient (Wildman–Crippen LogP) is 15.3. The molecular formula is C48H96O4. The van der Waals surface area contributed by atoms with Crippen molar-refractivity contribution >= 4 is 11.9 Å². The number of rotatable bonds is 10. The number of carbonyl (C=O) groups excluding carboxylic acids is 2. The van der Waals surface area contributed by atoms with Crippen molar-refractivity contribution < 1.29 is 19.1 Å². The lowest BCUT2D eigenvalue weighted by atomic mass is 9.57. The normalized spacial score (nSPS) is 14.7. The first kappa shape index (κ1) is 55.0. The zero-order valence-electron chi connectivity index (χ0n) is 40.9. The van der Waals surface area contributed by atoms with Crippen LogP contribution >= 0.6 is 0 Å². The van der Waals surface area contributed by atoms with Crippen LogP contribution in [0.2, 0.25) is 0 Å². The molecule has 0 aliphatic heterocycles. The Labute approximate surface area is 328 Å². The Morgan fingerprint density at radius 2 is 0.673 bits per heavy atom. The van der Waals surface area contributed by atoms with Gasteiger partial charge in [-0.2, -0.15) is 0 Å². The Bertz CT molecular complexity index is 1090. The summed E-state index contributed by atoms with van der Waals surface area (Å²) in [6.07, 6.45) is 4.47. The topological polar surface area (TPSA) is 52.6 Å². The van der Waals surface area contributed by atoms with Crippen LogP contribution in [-0.2, 0) is 19.1 Å². The van der Waals surface area contributed by atoms with E-state index in [1.807, 2.05) is 27.7 Å². The molecule has 312 valence electrons. The lowest BCUT2D eigenvalue weighted by Gasteiger charge is -2.48. The van der Waals surface area contributed by atoms with Gasteiger partial charge in [0.15, 0.2) is 0 Å². The summed E-state index contributed by atoms with van der Waals surface area (Å²) in [5, 5.41) is 0. The molecule has 0 atom stereocenters. The molecule has 0 aromatic heterocycles. The molecule has 0 unspecified atom stereocenters. The third-order valence-electron chi connectivity index (χ3n) is 9.97. The van der Waals surface area contributed by atoms with Gasteiger partial charge in [0.2, 0.25) is 0 Å². The highest BCUT2D eigenvalue weighted by atomic mass is 16.5. The zero-order valence-corrected chi connectivity index (χ0v) is 40.9. The van der Waals surface area contributed by atoms with Gasteiger partial charge < -0.3 is 9.47 Å². The fourth-order valence-corrected chi connectivity index (χ4v) is 6.91. The lowest BCUT2D eigenvalue weighted by Crippen LogP contribution is -2.43. The summed E-state index contributed by atoms with van der Waals surface area (Å²) >= 11 is 0. The molecule has 0 spiro atoms. The van der Waals surface area contributed by atoms with E-state index in [1.165, 1.54) is 12.8 Å². The number of ether oxygens (including phenoxy) is 2. The van der Waals surface area contributed by atoms with Gasteiger partial charge in [0.05, 0.1) is 18.6 Å². The molecule has 0 aliphatic carbocycles. The van der Waals surface area contributed by atoms with Crippen molar-refractivity contribution in [1.29, 1.82) is 0 Å². The highest BCUT2D eigenvalue weighted by Gasteiger charge is 2.46. The molecule has 0 aromatic carbocycles. The van der Waals surface area contributed by atoms with Gasteiger partial charge in [-0.15, -0.1) is 0 Å². The number of carbonyl (C=O) groups is 2. The fraction of sp³-hybridized carbons (Fsp3) is 0.917. The van der Waals surface area contributed by atoms with Gasteiger partial charge in [-0.1, -0.05) is 172 Å². The average molecular weight is 737 g/mol. The Balaban J connectivity index is -0.000000695. The smallest absolute Gasteiger partial charge is 0.333 e. The quantitative estimate of drug-likeness (QED) is 0.165. The molecule has 0 saturated heterocycles. The molecule has 0 rings (SSSR count). The second kappa shape index (κ2) is 19.0. The summed E-state index contributed by atoms with van der Waals surface area (Å²) in [5.41, 5.74) is 3.34. The van der Waals surface area contributed by atoms with E-state index in [-0.39, 0.29) is 39.0 Å². The molecule has 4 heteroatoms. The van der Waals surface area contributed by atoms with Crippen LogP contribution in [0.1, 0.15) is 220 Å². The van der Waals surface area contributed by atoms with Gasteiger partial charge >= 0.3 is 11.9 Å². The second-order valence-electron chi connectivity index (χ2n) is 25.9. The minimum absolute atomic E-state index is 0.0138. The van der Waals surface area contributed by atoms with Gasteiger partial charge in [-0.3, -0.25) is 4.79 Å². The van der Waals surface area contributed by atoms with Gasteiger partial charge in [-0.05, 0) is 102 Å². The maximum absolute atomic E-state index is 12.4. The van der Waals surface area contributed by atoms with Crippen molar-refractivity contribution in [2.45, 2.75) is 220 Å². The zero-order chi connectivity index (χ0) is 43.0. The van der Waals surface area contributed by atoms with Crippen molar-refractivity contribution in [3.8, 4) is 0 Å². The first-order valence-electron chi connectivity index (χ1n) is 20.2. The van der Waals surface area contributed by atoms with Crippen molar-refractivity contribution in [3.63, 3.8) is 0 Å². The largest absolute Gasteiger partial charge is 0.465 e. The molecule has 0 radical (unpaired) electrons. The highest BCUT2D eigenvalue weighted by molar-refractivity contribution is 5.88. The van der Waals surface area contributed by atoms with Crippen molar-refractivity contribution in [2.24, 2.45) is 54.1 Å². The highest BCUT2D eigenvalue weighted by Crippen LogP contribution is 2.51. The lowest BCUT2D eigenvalue weighted by molar-refractivity contribution is -0.165. The van der Waals surface area contributed by atoms with E-state index in [4.69, 9.17) is 9.47 Å². The molecule has 0 amide bonds. The van der Waals surface area contributed by atoms with Crippen molar-refractivity contribution in [2.75, 3.05) is 13.2 Å². The minimum atomic E-state index is -0.481. The van der Waals surface area contributed by atoms with E-state index >= 15 is 0 Å². The van der Waals surface area contributed by atoms with Crippen LogP contribution in [0.25, 0.3) is 0 Å². The van der Waals surface area contributed by atoms with E-state index in [9.17, 15) is 9.59 Å². The van der Waals surface area contributed by atoms with Gasteiger partial charge in [-0.25, -0.2) is 4.79 Å². The monoisotopic (exact) mass is 737 g/mol. The minimum Gasteiger partial charge on any atom is -0.465 e. The summed E-state index contributed by atoms with van der Waals surface area (Å²) in [6, 6.07) is 0. The molecule has 0 aromatic rings. The van der Waals surface area contributed by atoms with Crippen LogP contribution in [0.3, 0.4) is 0 Å². The Kier molecular flexibility index (Phi) is 20.1. The molecule has 0 bridgehead atoms. The van der Waals surface area contributed by atoms with E-state index in [1.54, 1.807) is 0 Å². The molecule has 0 heterocycles. The summed E-state index contributed by atoms with van der Waals surface area (Å²) in [4.78, 5) is 24.3. The standard InChI is InChI=1S/C17H34O2.C16H34.C15H28O2/c1-14(2,3)11-16(7,8)17(9,10)13(18)19-12-15(4,5)6;1-13(2,3)11-15(7,8)16(9,10)12-14(4,5)6;1-11(9-14(3,4)5)12(2)13(16)17-10-15(6,7)8/h11-12H2,1-10H3;11-12H2,1-10H3;9-10H2,1-8H3/b;;12-11+. The van der Waals surface area contributed by atoms with Crippen LogP contribution < -0.4 is 0 Å². The molecule has 0 saturated carbocycles. The third-order valence-corrected chi connectivity index (χ3v) is 9.97. The molecular weight excluding hydrogens is 641 g/mol. The SMILES string of the molecule is C/C(CC(C)(C)C)=C(/C)C(=O)OCC(C)(C)C.CC(C)(C)CC(C)(C)C(C)(C)CC(C)(C)C.CC(C)(C)COC(=O)C(C)(C)C(C)(C)CC(C)(C)C. The first-order valence-corrected chi connectivity index (χ1v) is 20.2. The van der Waals surface area contributed by atoms with E-state index in [0.717, 1.165) is 24.0 Å². The van der Waals surface area contributed by atoms with Crippen LogP contribution in [-0.4, -0.2) is 25.2 Å². The number of esters is 2. The predicted molar refractivity (Wildman–Crippen MR) is 231 cm³/mol. The van der Waals surface area contributed by atoms with Crippen LogP contribution in [0, 0.1) is 54.1 Å². The van der Waals surface area contributed by atoms with Gasteiger partial charge in [0.25, 0.3) is 0 Å². The molecule has 0 aliphatic rings. The number of hydrogen-bond donors (Lipinski definition) is 0. The average Bonchev–Trinajstić information content (AvgIpc) is 2.79. The third kappa shape index (κ3) is 25.7. The van der Waals surface area contributed by atoms with Crippen molar-refractivity contribution in [3.05, 3.63) is 11.1 Å². The van der Waals surface area contributed by atoms with Crippen LogP contribution in [0.5, 0.6) is 0 Å². The number of hydrogen-bond acceptors (Lipinski definition) is 4. The Morgan fingerprint density at radius 1 is 0.385 bits per heavy atom. The summed E-state index contributed by atoms with van der Waals surface area (Å²) in [6.45, 7) is 62.5. The maximum atomic E-state index is 12.4. The van der Waals surface area contributed by atoms with Crippen LogP contribution in [0.4, 0.5) is 0 Å². The summed E-state index contributed by atoms with van der Waals surface area (Å²) < 4.78 is 10.8. The van der Waals surface area contributed by atoms with Crippen LogP contribution in [0.15, 0.2) is 11.1 Å². The Morgan fingerprint density at radius 3 is 0.942 bits per heavy atom. The van der Waals surface area contributed by atoms with E-state index < -0.39 is 5.41 Å². The fourth-order valence-electron chi connectivity index (χ4n) is 6.91. The first-order chi connectivity index (χ1) is 22.2. The van der Waals surface area contributed by atoms with Gasteiger partial charge in [0, 0.05) is 5.57 Å². The maximum Gasteiger partial charge on any atom is 0.333 e. The number of allylic oxidation sites excluding steroid dienone is 1. The second-order valence-corrected chi connectivity index (χ2v) is 25.9. The molecule has 52 heavy (non-hydrogen) atoms.